The first kappa shape index (κ1) is 11.5. The van der Waals surface area contributed by atoms with E-state index in [1.54, 1.807) is 30.6 Å². The van der Waals surface area contributed by atoms with E-state index in [0.29, 0.717) is 17.1 Å². The molecule has 1 aromatic heterocycles. The molecule has 0 bridgehead atoms. The van der Waals surface area contributed by atoms with Gasteiger partial charge in [-0.25, -0.2) is 9.97 Å². The Balaban J connectivity index is 2.04. The quantitative estimate of drug-likeness (QED) is 0.761. The summed E-state index contributed by atoms with van der Waals surface area (Å²) in [6.07, 6.45) is 3.23. The van der Waals surface area contributed by atoms with Crippen LogP contribution in [-0.2, 0) is 11.3 Å². The predicted molar refractivity (Wildman–Crippen MR) is 68.7 cm³/mol. The Morgan fingerprint density at radius 3 is 2.58 bits per heavy atom. The number of para-hydroxylation sites is 1. The van der Waals surface area contributed by atoms with Gasteiger partial charge in [0.1, 0.15) is 5.82 Å². The van der Waals surface area contributed by atoms with Crippen molar-refractivity contribution in [2.45, 2.75) is 13.5 Å². The van der Waals surface area contributed by atoms with Gasteiger partial charge in [-0.2, -0.15) is 0 Å². The van der Waals surface area contributed by atoms with Gasteiger partial charge >= 0.3 is 0 Å². The van der Waals surface area contributed by atoms with E-state index in [9.17, 15) is 9.59 Å². The Hall–Kier alpha value is -2.56. The van der Waals surface area contributed by atoms with E-state index < -0.39 is 11.7 Å². The molecule has 0 atom stereocenters. The number of hydrogen-bond acceptors (Lipinski definition) is 4. The molecule has 1 aliphatic rings. The minimum atomic E-state index is -0.517. The number of Topliss-reactive ketones (excluding diaryl/α,β-unsaturated/α-hetero) is 1. The van der Waals surface area contributed by atoms with E-state index in [1.807, 2.05) is 13.0 Å². The molecule has 94 valence electrons. The van der Waals surface area contributed by atoms with Gasteiger partial charge in [0.05, 0.1) is 17.8 Å². The molecule has 19 heavy (non-hydrogen) atoms. The average Bonchev–Trinajstić information content (AvgIpc) is 2.67. The van der Waals surface area contributed by atoms with Crippen molar-refractivity contribution in [1.29, 1.82) is 0 Å². The normalized spacial score (nSPS) is 13.8. The van der Waals surface area contributed by atoms with Crippen LogP contribution in [-0.4, -0.2) is 21.7 Å². The molecule has 0 aliphatic carbocycles. The molecule has 0 unspecified atom stereocenters. The molecule has 5 heteroatoms. The summed E-state index contributed by atoms with van der Waals surface area (Å²) in [6.45, 7) is 2.09. The van der Waals surface area contributed by atoms with Gasteiger partial charge in [-0.15, -0.1) is 0 Å². The Morgan fingerprint density at radius 2 is 1.84 bits per heavy atom. The maximum Gasteiger partial charge on any atom is 0.299 e. The number of rotatable bonds is 2. The van der Waals surface area contributed by atoms with Gasteiger partial charge in [0, 0.05) is 12.4 Å². The SMILES string of the molecule is Cc1cccc2c1N(Cc1ncccn1)C(=O)C2=O. The molecule has 0 radical (unpaired) electrons. The third-order valence-electron chi connectivity index (χ3n) is 3.11. The van der Waals surface area contributed by atoms with Gasteiger partial charge < -0.3 is 0 Å². The van der Waals surface area contributed by atoms with Crippen molar-refractivity contribution in [2.24, 2.45) is 0 Å². The number of carbonyl (C=O) groups is 2. The van der Waals surface area contributed by atoms with Crippen molar-refractivity contribution in [3.05, 3.63) is 53.6 Å². The summed E-state index contributed by atoms with van der Waals surface area (Å²) in [5.74, 6) is -0.467. The Labute approximate surface area is 109 Å². The lowest BCUT2D eigenvalue weighted by Crippen LogP contribution is -2.30. The van der Waals surface area contributed by atoms with Crippen molar-refractivity contribution >= 4 is 17.4 Å². The predicted octanol–water partition coefficient (Wildman–Crippen LogP) is 1.51. The largest absolute Gasteiger partial charge is 0.299 e. The van der Waals surface area contributed by atoms with Crippen LogP contribution in [0.5, 0.6) is 0 Å². The van der Waals surface area contributed by atoms with Gasteiger partial charge in [-0.3, -0.25) is 14.5 Å². The molecule has 1 aliphatic heterocycles. The molecule has 1 aromatic carbocycles. The lowest BCUT2D eigenvalue weighted by molar-refractivity contribution is -0.114. The number of carbonyl (C=O) groups excluding carboxylic acids is 2. The summed E-state index contributed by atoms with van der Waals surface area (Å²) in [5.41, 5.74) is 2.03. The molecule has 0 saturated heterocycles. The smallest absolute Gasteiger partial charge is 0.297 e. The fourth-order valence-corrected chi connectivity index (χ4v) is 2.24. The number of nitrogens with zero attached hydrogens (tertiary/aromatic N) is 3. The molecule has 0 saturated carbocycles. The molecule has 0 spiro atoms. The van der Waals surface area contributed by atoms with Crippen LogP contribution in [0.15, 0.2) is 36.7 Å². The third kappa shape index (κ3) is 1.79. The molecule has 5 nitrogen and oxygen atoms in total. The second-order valence-electron chi connectivity index (χ2n) is 4.36. The van der Waals surface area contributed by atoms with Gasteiger partial charge in [-0.1, -0.05) is 12.1 Å². The van der Waals surface area contributed by atoms with Crippen molar-refractivity contribution in [3.63, 3.8) is 0 Å². The monoisotopic (exact) mass is 253 g/mol. The molecular formula is C14H11N3O2. The van der Waals surface area contributed by atoms with Crippen LogP contribution in [0, 0.1) is 6.92 Å². The Kier molecular flexibility index (Phi) is 2.59. The van der Waals surface area contributed by atoms with E-state index in [0.717, 1.165) is 5.56 Å². The van der Waals surface area contributed by atoms with Crippen LogP contribution >= 0.6 is 0 Å². The molecule has 1 amide bonds. The number of anilines is 1. The van der Waals surface area contributed by atoms with Gasteiger partial charge in [0.15, 0.2) is 0 Å². The highest BCUT2D eigenvalue weighted by Gasteiger charge is 2.36. The fraction of sp³-hybridized carbons (Fsp3) is 0.143. The number of amides is 1. The summed E-state index contributed by atoms with van der Waals surface area (Å²) < 4.78 is 0. The standard InChI is InChI=1S/C14H11N3O2/c1-9-4-2-5-10-12(9)17(14(19)13(10)18)8-11-15-6-3-7-16-11/h2-7H,8H2,1H3. The van der Waals surface area contributed by atoms with Crippen molar-refractivity contribution in [3.8, 4) is 0 Å². The van der Waals surface area contributed by atoms with Crippen LogP contribution in [0.4, 0.5) is 5.69 Å². The number of ketones is 1. The molecular weight excluding hydrogens is 242 g/mol. The van der Waals surface area contributed by atoms with Gasteiger partial charge in [-0.05, 0) is 24.6 Å². The maximum atomic E-state index is 12.0. The third-order valence-corrected chi connectivity index (χ3v) is 3.11. The van der Waals surface area contributed by atoms with Crippen molar-refractivity contribution < 1.29 is 9.59 Å². The summed E-state index contributed by atoms with van der Waals surface area (Å²) in [7, 11) is 0. The lowest BCUT2D eigenvalue weighted by Gasteiger charge is -2.17. The average molecular weight is 253 g/mol. The van der Waals surface area contributed by atoms with Crippen molar-refractivity contribution in [2.75, 3.05) is 4.90 Å². The fourth-order valence-electron chi connectivity index (χ4n) is 2.24. The van der Waals surface area contributed by atoms with Crippen LogP contribution in [0.25, 0.3) is 0 Å². The van der Waals surface area contributed by atoms with Crippen LogP contribution in [0.3, 0.4) is 0 Å². The van der Waals surface area contributed by atoms with Gasteiger partial charge in [0.2, 0.25) is 0 Å². The summed E-state index contributed by atoms with van der Waals surface area (Å²) in [4.78, 5) is 33.6. The molecule has 0 N–H and O–H groups in total. The van der Waals surface area contributed by atoms with E-state index >= 15 is 0 Å². The first-order valence-electron chi connectivity index (χ1n) is 5.90. The summed E-state index contributed by atoms with van der Waals surface area (Å²) in [5, 5.41) is 0. The number of benzene rings is 1. The second kappa shape index (κ2) is 4.28. The van der Waals surface area contributed by atoms with Crippen LogP contribution in [0.1, 0.15) is 21.7 Å². The molecule has 2 aromatic rings. The van der Waals surface area contributed by atoms with E-state index in [1.165, 1.54) is 4.90 Å². The first-order valence-corrected chi connectivity index (χ1v) is 5.90. The van der Waals surface area contributed by atoms with Crippen LogP contribution < -0.4 is 4.90 Å². The minimum Gasteiger partial charge on any atom is -0.297 e. The Bertz CT molecular complexity index is 668. The number of fused-ring (bicyclic) bond motifs is 1. The Morgan fingerprint density at radius 1 is 1.11 bits per heavy atom. The lowest BCUT2D eigenvalue weighted by atomic mass is 10.1. The maximum absolute atomic E-state index is 12.0. The zero-order chi connectivity index (χ0) is 13.4. The highest BCUT2D eigenvalue weighted by Crippen LogP contribution is 2.32. The van der Waals surface area contributed by atoms with Gasteiger partial charge in [0.25, 0.3) is 11.7 Å². The van der Waals surface area contributed by atoms with Crippen molar-refractivity contribution in [1.82, 2.24) is 9.97 Å². The highest BCUT2D eigenvalue weighted by atomic mass is 16.2. The summed E-state index contributed by atoms with van der Waals surface area (Å²) >= 11 is 0. The highest BCUT2D eigenvalue weighted by molar-refractivity contribution is 6.52. The minimum absolute atomic E-state index is 0.212. The zero-order valence-electron chi connectivity index (χ0n) is 10.3. The topological polar surface area (TPSA) is 63.2 Å². The second-order valence-corrected chi connectivity index (χ2v) is 4.36. The summed E-state index contributed by atoms with van der Waals surface area (Å²) in [6, 6.07) is 7.04. The zero-order valence-corrected chi connectivity index (χ0v) is 10.3. The molecule has 0 fully saturated rings. The van der Waals surface area contributed by atoms with Crippen LogP contribution in [0.2, 0.25) is 0 Å². The molecule has 3 rings (SSSR count). The number of aryl methyl sites for hydroxylation is 1. The number of aromatic nitrogens is 2. The first-order chi connectivity index (χ1) is 9.18. The van der Waals surface area contributed by atoms with E-state index in [2.05, 4.69) is 9.97 Å². The number of hydrogen-bond donors (Lipinski definition) is 0. The van der Waals surface area contributed by atoms with E-state index in [4.69, 9.17) is 0 Å². The van der Waals surface area contributed by atoms with E-state index in [-0.39, 0.29) is 6.54 Å². The molecule has 2 heterocycles.